The van der Waals surface area contributed by atoms with Crippen LogP contribution in [0.25, 0.3) is 0 Å². The molecule has 6 heteroatoms. The van der Waals surface area contributed by atoms with Crippen LogP contribution in [0.15, 0.2) is 0 Å². The molecule has 0 bridgehead atoms. The summed E-state index contributed by atoms with van der Waals surface area (Å²) in [6.07, 6.45) is 3.48. The van der Waals surface area contributed by atoms with E-state index in [4.69, 9.17) is 9.47 Å². The number of likely N-dealkylation sites (tertiary alicyclic amines) is 2. The third-order valence-electron chi connectivity index (χ3n) is 4.86. The Hall–Kier alpha value is -1.14. The second-order valence-corrected chi connectivity index (χ2v) is 6.19. The van der Waals surface area contributed by atoms with Crippen LogP contribution in [-0.2, 0) is 19.1 Å². The number of ether oxygens (including phenoxy) is 2. The highest BCUT2D eigenvalue weighted by atomic mass is 16.5. The van der Waals surface area contributed by atoms with Gasteiger partial charge in [-0.3, -0.25) is 9.59 Å². The van der Waals surface area contributed by atoms with Gasteiger partial charge < -0.3 is 19.3 Å². The smallest absolute Gasteiger partial charge is 0.245 e. The van der Waals surface area contributed by atoms with Crippen LogP contribution in [0.2, 0.25) is 0 Å². The number of carbonyl (C=O) groups is 2. The van der Waals surface area contributed by atoms with Gasteiger partial charge in [-0.05, 0) is 19.3 Å². The summed E-state index contributed by atoms with van der Waals surface area (Å²) in [5, 5.41) is 0. The number of hydrogen-bond acceptors (Lipinski definition) is 4. The summed E-state index contributed by atoms with van der Waals surface area (Å²) >= 11 is 0. The summed E-state index contributed by atoms with van der Waals surface area (Å²) < 4.78 is 10.7. The lowest BCUT2D eigenvalue weighted by atomic mass is 10.1. The number of nitrogens with zero attached hydrogens (tertiary/aromatic N) is 2. The summed E-state index contributed by atoms with van der Waals surface area (Å²) in [5.74, 6) is 0.0680. The normalized spacial score (nSPS) is 32.9. The van der Waals surface area contributed by atoms with E-state index in [2.05, 4.69) is 0 Å². The zero-order valence-corrected chi connectivity index (χ0v) is 12.6. The lowest BCUT2D eigenvalue weighted by molar-refractivity contribution is -0.145. The first-order valence-electron chi connectivity index (χ1n) is 7.90. The maximum absolute atomic E-state index is 12.7. The Morgan fingerprint density at radius 1 is 1.19 bits per heavy atom. The van der Waals surface area contributed by atoms with Crippen molar-refractivity contribution in [2.75, 3.05) is 40.0 Å². The third kappa shape index (κ3) is 2.92. The number of carbonyl (C=O) groups excluding carboxylic acids is 2. The standard InChI is InChI=1S/C15H24N2O4/c1-20-12-8-13(15(19)16-5-2-3-6-16)17(9-12)14(18)11-4-7-21-10-11/h11-13H,2-10H2,1H3/t11-,12+,13+/m1/s1. The fraction of sp³-hybridized carbons (Fsp3) is 0.867. The summed E-state index contributed by atoms with van der Waals surface area (Å²) in [6.45, 7) is 3.29. The molecule has 6 nitrogen and oxygen atoms in total. The first-order valence-corrected chi connectivity index (χ1v) is 7.90. The topological polar surface area (TPSA) is 59.1 Å². The number of methoxy groups -OCH3 is 1. The van der Waals surface area contributed by atoms with Gasteiger partial charge in [-0.2, -0.15) is 0 Å². The zero-order chi connectivity index (χ0) is 14.8. The molecule has 0 unspecified atom stereocenters. The first-order chi connectivity index (χ1) is 10.2. The first kappa shape index (κ1) is 14.8. The van der Waals surface area contributed by atoms with Crippen LogP contribution in [0.5, 0.6) is 0 Å². The van der Waals surface area contributed by atoms with E-state index in [-0.39, 0.29) is 29.9 Å². The molecule has 0 aliphatic carbocycles. The van der Waals surface area contributed by atoms with Gasteiger partial charge in [0, 0.05) is 39.8 Å². The number of rotatable bonds is 3. The van der Waals surface area contributed by atoms with Gasteiger partial charge in [0.15, 0.2) is 0 Å². The Kier molecular flexibility index (Phi) is 4.45. The maximum Gasteiger partial charge on any atom is 0.245 e. The molecule has 21 heavy (non-hydrogen) atoms. The molecule has 3 heterocycles. The second kappa shape index (κ2) is 6.32. The molecule has 2 amide bonds. The molecule has 3 aliphatic rings. The molecular formula is C15H24N2O4. The molecule has 0 radical (unpaired) electrons. The molecule has 0 saturated carbocycles. The zero-order valence-electron chi connectivity index (χ0n) is 12.6. The molecule has 3 fully saturated rings. The molecule has 3 aliphatic heterocycles. The van der Waals surface area contributed by atoms with Crippen LogP contribution in [0, 0.1) is 5.92 Å². The van der Waals surface area contributed by atoms with Crippen LogP contribution in [-0.4, -0.2) is 73.7 Å². The van der Waals surface area contributed by atoms with Crippen molar-refractivity contribution in [3.05, 3.63) is 0 Å². The highest BCUT2D eigenvalue weighted by Gasteiger charge is 2.44. The van der Waals surface area contributed by atoms with E-state index in [9.17, 15) is 9.59 Å². The average Bonchev–Trinajstić information content (AvgIpc) is 3.26. The quantitative estimate of drug-likeness (QED) is 0.750. The molecule has 0 aromatic carbocycles. The van der Waals surface area contributed by atoms with E-state index in [1.807, 2.05) is 4.90 Å². The summed E-state index contributed by atoms with van der Waals surface area (Å²) in [4.78, 5) is 29.0. The minimum atomic E-state index is -0.346. The van der Waals surface area contributed by atoms with E-state index in [1.165, 1.54) is 0 Å². The van der Waals surface area contributed by atoms with Crippen molar-refractivity contribution in [2.24, 2.45) is 5.92 Å². The molecule has 0 spiro atoms. The van der Waals surface area contributed by atoms with Crippen LogP contribution in [0.1, 0.15) is 25.7 Å². The summed E-state index contributed by atoms with van der Waals surface area (Å²) in [6, 6.07) is -0.346. The van der Waals surface area contributed by atoms with E-state index >= 15 is 0 Å². The molecule has 3 atom stereocenters. The fourth-order valence-electron chi connectivity index (χ4n) is 3.56. The van der Waals surface area contributed by atoms with Crippen molar-refractivity contribution in [1.29, 1.82) is 0 Å². The van der Waals surface area contributed by atoms with Gasteiger partial charge >= 0.3 is 0 Å². The molecule has 3 rings (SSSR count). The Balaban J connectivity index is 1.72. The second-order valence-electron chi connectivity index (χ2n) is 6.19. The monoisotopic (exact) mass is 296 g/mol. The van der Waals surface area contributed by atoms with E-state index < -0.39 is 0 Å². The average molecular weight is 296 g/mol. The van der Waals surface area contributed by atoms with Gasteiger partial charge in [-0.15, -0.1) is 0 Å². The van der Waals surface area contributed by atoms with Crippen LogP contribution in [0.3, 0.4) is 0 Å². The van der Waals surface area contributed by atoms with Crippen molar-refractivity contribution in [3.63, 3.8) is 0 Å². The number of amides is 2. The SMILES string of the molecule is CO[C@H]1C[C@@H](C(=O)N2CCCC2)N(C(=O)[C@@H]2CCOC2)C1. The van der Waals surface area contributed by atoms with Crippen molar-refractivity contribution >= 4 is 11.8 Å². The minimum Gasteiger partial charge on any atom is -0.381 e. The highest BCUT2D eigenvalue weighted by molar-refractivity contribution is 5.89. The Morgan fingerprint density at radius 2 is 1.95 bits per heavy atom. The highest BCUT2D eigenvalue weighted by Crippen LogP contribution is 2.27. The largest absolute Gasteiger partial charge is 0.381 e. The summed E-state index contributed by atoms with van der Waals surface area (Å²) in [5.41, 5.74) is 0. The molecule has 0 aromatic heterocycles. The fourth-order valence-corrected chi connectivity index (χ4v) is 3.56. The summed E-state index contributed by atoms with van der Waals surface area (Å²) in [7, 11) is 1.65. The van der Waals surface area contributed by atoms with Crippen molar-refractivity contribution in [3.8, 4) is 0 Å². The predicted octanol–water partition coefficient (Wildman–Crippen LogP) is 0.261. The maximum atomic E-state index is 12.7. The molecule has 0 aromatic rings. The van der Waals surface area contributed by atoms with Gasteiger partial charge in [0.25, 0.3) is 0 Å². The van der Waals surface area contributed by atoms with E-state index in [0.717, 1.165) is 32.4 Å². The van der Waals surface area contributed by atoms with Gasteiger partial charge in [-0.1, -0.05) is 0 Å². The van der Waals surface area contributed by atoms with E-state index in [0.29, 0.717) is 26.2 Å². The molecular weight excluding hydrogens is 272 g/mol. The minimum absolute atomic E-state index is 0.0344. The number of hydrogen-bond donors (Lipinski definition) is 0. The Morgan fingerprint density at radius 3 is 2.57 bits per heavy atom. The predicted molar refractivity (Wildman–Crippen MR) is 75.7 cm³/mol. The van der Waals surface area contributed by atoms with Gasteiger partial charge in [0.2, 0.25) is 11.8 Å². The van der Waals surface area contributed by atoms with Gasteiger partial charge in [0.1, 0.15) is 6.04 Å². The Bertz CT molecular complexity index is 366. The lowest BCUT2D eigenvalue weighted by Gasteiger charge is -2.29. The van der Waals surface area contributed by atoms with Gasteiger partial charge in [-0.25, -0.2) is 0 Å². The molecule has 3 saturated heterocycles. The van der Waals surface area contributed by atoms with Crippen LogP contribution >= 0.6 is 0 Å². The third-order valence-corrected chi connectivity index (χ3v) is 4.86. The van der Waals surface area contributed by atoms with Crippen molar-refractivity contribution in [1.82, 2.24) is 9.80 Å². The van der Waals surface area contributed by atoms with Gasteiger partial charge in [0.05, 0.1) is 18.6 Å². The molecule has 118 valence electrons. The Labute approximate surface area is 125 Å². The van der Waals surface area contributed by atoms with Crippen molar-refractivity contribution in [2.45, 2.75) is 37.8 Å². The van der Waals surface area contributed by atoms with Crippen LogP contribution in [0.4, 0.5) is 0 Å². The molecule has 0 N–H and O–H groups in total. The van der Waals surface area contributed by atoms with E-state index in [1.54, 1.807) is 12.0 Å². The van der Waals surface area contributed by atoms with Crippen LogP contribution < -0.4 is 0 Å². The lowest BCUT2D eigenvalue weighted by Crippen LogP contribution is -2.48. The van der Waals surface area contributed by atoms with Crippen molar-refractivity contribution < 1.29 is 19.1 Å².